The quantitative estimate of drug-likeness (QED) is 0.180. The van der Waals surface area contributed by atoms with Crippen LogP contribution in [0.2, 0.25) is 0 Å². The number of pyridine rings is 1. The number of halogens is 8. The summed E-state index contributed by atoms with van der Waals surface area (Å²) >= 11 is 0. The van der Waals surface area contributed by atoms with Crippen LogP contribution < -0.4 is 10.2 Å². The van der Waals surface area contributed by atoms with Gasteiger partial charge in [-0.1, -0.05) is 6.07 Å². The average molecular weight is 755 g/mol. The average Bonchev–Trinajstić information content (AvgIpc) is 2.72. The molecule has 0 bridgehead atoms. The molecule has 1 rings (SSSR count). The van der Waals surface area contributed by atoms with Gasteiger partial charge in [-0.25, -0.2) is 15.2 Å². The van der Waals surface area contributed by atoms with E-state index in [4.69, 9.17) is 20.8 Å². The van der Waals surface area contributed by atoms with Gasteiger partial charge in [0.15, 0.2) is 11.6 Å². The zero-order chi connectivity index (χ0) is 37.7. The molecule has 0 saturated carbocycles. The Morgan fingerprint density at radius 2 is 0.696 bits per heavy atom. The number of aromatic nitrogens is 1. The summed E-state index contributed by atoms with van der Waals surface area (Å²) in [5.74, 6) is 2.00. The zero-order valence-electron chi connectivity index (χ0n) is 29.5. The zero-order valence-corrected chi connectivity index (χ0v) is 32.6. The molecule has 0 spiro atoms. The molecule has 19 heteroatoms. The second-order valence-electron chi connectivity index (χ2n) is 13.1. The molecule has 0 aliphatic rings. The van der Waals surface area contributed by atoms with E-state index in [1.54, 1.807) is 18.2 Å². The van der Waals surface area contributed by atoms with Gasteiger partial charge >= 0.3 is 31.3 Å². The molecule has 1 aromatic heterocycles. The van der Waals surface area contributed by atoms with Crippen LogP contribution in [0, 0.1) is 34.0 Å². The van der Waals surface area contributed by atoms with Crippen molar-refractivity contribution in [1.82, 2.24) is 4.98 Å². The molecule has 0 aliphatic heterocycles. The fourth-order valence-corrected chi connectivity index (χ4v) is 10.6. The predicted molar refractivity (Wildman–Crippen MR) is 181 cm³/mol. The summed E-state index contributed by atoms with van der Waals surface area (Å²) in [6, 6.07) is 11.6. The summed E-state index contributed by atoms with van der Waals surface area (Å²) in [4.78, 5) is 4.94. The maximum atomic E-state index is 9.75. The van der Waals surface area contributed by atoms with Crippen LogP contribution in [0.15, 0.2) is 18.2 Å². The number of nitrogens with one attached hydrogen (secondary N) is 2. The van der Waals surface area contributed by atoms with Gasteiger partial charge in [-0.3, -0.25) is 0 Å². The Morgan fingerprint density at radius 1 is 0.543 bits per heavy atom. The molecule has 0 atom stereocenters. The summed E-state index contributed by atoms with van der Waals surface area (Å²) < 4.78 is 78.0. The van der Waals surface area contributed by atoms with Crippen LogP contribution in [-0.2, 0) is 16.8 Å². The van der Waals surface area contributed by atoms with Crippen molar-refractivity contribution >= 4 is 42.3 Å². The minimum Gasteiger partial charge on any atom is -0.418 e. The van der Waals surface area contributed by atoms with Crippen molar-refractivity contribution in [2.45, 2.75) is 124 Å². The third-order valence-electron chi connectivity index (χ3n) is 4.26. The molecule has 0 saturated heterocycles. The molecular weight excluding hydrogens is 703 g/mol. The van der Waals surface area contributed by atoms with E-state index >= 15 is 0 Å². The van der Waals surface area contributed by atoms with Crippen molar-refractivity contribution in [2.24, 2.45) is 0 Å². The number of hydrogen-bond acceptors (Lipinski definition) is 6. The Bertz CT molecular complexity index is 921. The molecule has 6 nitrogen and oxygen atoms in total. The van der Waals surface area contributed by atoms with Crippen molar-refractivity contribution in [3.63, 3.8) is 0 Å². The van der Waals surface area contributed by atoms with E-state index in [0.717, 1.165) is 11.6 Å². The van der Waals surface area contributed by atoms with E-state index in [9.17, 15) is 34.5 Å². The smallest absolute Gasteiger partial charge is 0.418 e. The monoisotopic (exact) mass is 755 g/mol. The van der Waals surface area contributed by atoms with Crippen molar-refractivity contribution in [3.05, 3.63) is 18.2 Å². The van der Waals surface area contributed by atoms with E-state index < -0.39 is 30.7 Å². The summed E-state index contributed by atoms with van der Waals surface area (Å²) in [7, 11) is -13.7. The molecule has 1 heterocycles. The Kier molecular flexibility index (Phi) is 31.0. The van der Waals surface area contributed by atoms with Crippen LogP contribution in [0.25, 0.3) is 0 Å². The van der Waals surface area contributed by atoms with E-state index in [1.807, 2.05) is 0 Å². The molecule has 46 heavy (non-hydrogen) atoms. The van der Waals surface area contributed by atoms with Gasteiger partial charge in [0.05, 0.1) is 38.8 Å². The van der Waals surface area contributed by atoms with Crippen LogP contribution in [0.4, 0.5) is 46.2 Å². The number of nitriles is 3. The predicted octanol–water partition coefficient (Wildman–Crippen LogP) is 11.5. The van der Waals surface area contributed by atoms with E-state index in [-0.39, 0.29) is 37.4 Å². The Labute approximate surface area is 284 Å². The summed E-state index contributed by atoms with van der Waals surface area (Å²) in [5.41, 5.74) is 0. The second kappa shape index (κ2) is 25.2. The summed E-state index contributed by atoms with van der Waals surface area (Å²) in [5, 5.41) is 30.6. The van der Waals surface area contributed by atoms with Crippen LogP contribution in [0.3, 0.4) is 0 Å². The minimum atomic E-state index is -6.00. The van der Waals surface area contributed by atoms with Crippen LogP contribution in [0.5, 0.6) is 0 Å². The first kappa shape index (κ1) is 56.5. The van der Waals surface area contributed by atoms with Gasteiger partial charge < -0.3 is 34.5 Å². The minimum absolute atomic E-state index is 0. The van der Waals surface area contributed by atoms with Crippen molar-refractivity contribution < 1.29 is 51.3 Å². The number of nitrogens with zero attached hydrogens (tertiary/aromatic N) is 4. The third-order valence-corrected chi connectivity index (χ3v) is 11.3. The SMILES string of the molecule is CC#N.CC#N.CC#N.CC(C)(C)[PH+](Nc1cccc(N[PH+](C(C)(C)C)C(C)(C)C)n1)C(C)(C)C.F[B-](F)(F)F.F[B-](F)(F)F.[Co+2]. The molecule has 1 radical (unpaired) electrons. The largest absolute Gasteiger partial charge is 2.00 e. The summed E-state index contributed by atoms with van der Waals surface area (Å²) in [6.07, 6.45) is 0. The maximum absolute atomic E-state index is 9.75. The first-order valence-corrected chi connectivity index (χ1v) is 16.6. The van der Waals surface area contributed by atoms with Crippen LogP contribution in [-0.4, -0.2) is 40.1 Å². The van der Waals surface area contributed by atoms with Gasteiger partial charge in [0.25, 0.3) is 0 Å². The normalized spacial score (nSPS) is 11.1. The van der Waals surface area contributed by atoms with E-state index in [0.29, 0.717) is 0 Å². The molecule has 0 unspecified atom stereocenters. The Morgan fingerprint density at radius 3 is 0.826 bits per heavy atom. The molecule has 0 fully saturated rings. The van der Waals surface area contributed by atoms with Crippen molar-refractivity contribution in [2.75, 3.05) is 10.2 Å². The van der Waals surface area contributed by atoms with Gasteiger partial charge in [-0.15, -0.1) is 0 Å². The van der Waals surface area contributed by atoms with Crippen LogP contribution >= 0.6 is 16.1 Å². The molecular formula is C27H52B2CoF8N6P2+2. The van der Waals surface area contributed by atoms with Gasteiger partial charge in [0.1, 0.15) is 16.1 Å². The number of rotatable bonds is 4. The van der Waals surface area contributed by atoms with Crippen LogP contribution in [0.1, 0.15) is 104 Å². The molecule has 269 valence electrons. The van der Waals surface area contributed by atoms with Gasteiger partial charge in [-0.2, -0.15) is 15.8 Å². The number of anilines is 2. The van der Waals surface area contributed by atoms with Gasteiger partial charge in [0.2, 0.25) is 0 Å². The van der Waals surface area contributed by atoms with Gasteiger partial charge in [0, 0.05) is 20.8 Å². The number of hydrogen-bond donors (Lipinski definition) is 2. The first-order chi connectivity index (χ1) is 19.7. The molecule has 2 N–H and O–H groups in total. The molecule has 0 aromatic carbocycles. The second-order valence-corrected chi connectivity index (χ2v) is 21.1. The van der Waals surface area contributed by atoms with Crippen molar-refractivity contribution in [1.29, 1.82) is 15.8 Å². The Hall–Kier alpha value is -1.84. The van der Waals surface area contributed by atoms with E-state index in [1.165, 1.54) is 20.8 Å². The maximum Gasteiger partial charge on any atom is 2.00 e. The molecule has 0 amide bonds. The fraction of sp³-hybridized carbons (Fsp3) is 0.704. The Balaban J connectivity index is -0.000000163. The summed E-state index contributed by atoms with van der Waals surface area (Å²) in [6.45, 7) is 32.3. The topological polar surface area (TPSA) is 108 Å². The van der Waals surface area contributed by atoms with Crippen molar-refractivity contribution in [3.8, 4) is 18.2 Å². The standard InChI is InChI=1S/C21H41N3P2.3C2H3N.2BF4.Co/c1-18(2,3)25(19(4,5)6)23-16-14-13-15-17(22-16)24-26(20(7,8)9)21(10,11)12;3*1-2-3;2*2-1(3,4)5;/h13-15H,1-12H3,(H2,22,23,24);3*1H3;;;/q;;;;2*-1;+2/p+2. The molecule has 1 aromatic rings. The van der Waals surface area contributed by atoms with E-state index in [2.05, 4.69) is 111 Å². The fourth-order valence-electron chi connectivity index (χ4n) is 3.83. The first-order valence-electron chi connectivity index (χ1n) is 13.6. The third kappa shape index (κ3) is 44.3. The molecule has 0 aliphatic carbocycles. The van der Waals surface area contributed by atoms with Gasteiger partial charge in [-0.05, 0) is 95.2 Å².